The SMILES string of the molecule is CC(=O)SC(CC(=O)c1ccccc1)C(=O)N[C@@H](C)C(=O)O. The number of benzene rings is 1. The third kappa shape index (κ3) is 5.69. The Hall–Kier alpha value is -2.15. The molecule has 0 aliphatic heterocycles. The molecule has 7 heteroatoms. The van der Waals surface area contributed by atoms with E-state index in [-0.39, 0.29) is 17.3 Å². The molecule has 1 unspecified atom stereocenters. The van der Waals surface area contributed by atoms with Gasteiger partial charge in [0, 0.05) is 18.9 Å². The number of nitrogens with one attached hydrogen (secondary N) is 1. The van der Waals surface area contributed by atoms with Gasteiger partial charge in [0.25, 0.3) is 0 Å². The van der Waals surface area contributed by atoms with Gasteiger partial charge in [-0.1, -0.05) is 42.1 Å². The molecule has 1 rings (SSSR count). The Kier molecular flexibility index (Phi) is 6.78. The Morgan fingerprint density at radius 2 is 1.77 bits per heavy atom. The van der Waals surface area contributed by atoms with Gasteiger partial charge in [-0.05, 0) is 6.92 Å². The van der Waals surface area contributed by atoms with Gasteiger partial charge in [-0.15, -0.1) is 0 Å². The molecule has 118 valence electrons. The van der Waals surface area contributed by atoms with Gasteiger partial charge in [-0.25, -0.2) is 0 Å². The molecular weight excluding hydrogens is 306 g/mol. The van der Waals surface area contributed by atoms with Gasteiger partial charge in [0.05, 0.1) is 5.25 Å². The van der Waals surface area contributed by atoms with Crippen LogP contribution in [0.1, 0.15) is 30.6 Å². The second-order valence-corrected chi connectivity index (χ2v) is 6.04. The quantitative estimate of drug-likeness (QED) is 0.738. The Bertz CT molecular complexity index is 573. The van der Waals surface area contributed by atoms with E-state index >= 15 is 0 Å². The van der Waals surface area contributed by atoms with Gasteiger partial charge in [0.15, 0.2) is 10.9 Å². The zero-order valence-electron chi connectivity index (χ0n) is 12.2. The molecule has 0 aliphatic carbocycles. The average molecular weight is 323 g/mol. The van der Waals surface area contributed by atoms with Crippen LogP contribution in [0.3, 0.4) is 0 Å². The molecule has 1 aromatic carbocycles. The monoisotopic (exact) mass is 323 g/mol. The summed E-state index contributed by atoms with van der Waals surface area (Å²) in [6.07, 6.45) is -0.174. The highest BCUT2D eigenvalue weighted by atomic mass is 32.2. The van der Waals surface area contributed by atoms with Crippen molar-refractivity contribution < 1.29 is 24.3 Å². The number of amides is 1. The minimum absolute atomic E-state index is 0.174. The molecule has 22 heavy (non-hydrogen) atoms. The van der Waals surface area contributed by atoms with Gasteiger partial charge in [0.2, 0.25) is 5.91 Å². The summed E-state index contributed by atoms with van der Waals surface area (Å²) in [7, 11) is 0. The van der Waals surface area contributed by atoms with Crippen LogP contribution >= 0.6 is 11.8 Å². The Morgan fingerprint density at radius 1 is 1.18 bits per heavy atom. The lowest BCUT2D eigenvalue weighted by Crippen LogP contribution is -2.43. The second kappa shape index (κ2) is 8.33. The number of aliphatic carboxylic acids is 1. The fraction of sp³-hybridized carbons (Fsp3) is 0.333. The number of rotatable bonds is 7. The summed E-state index contributed by atoms with van der Waals surface area (Å²) >= 11 is 0.720. The third-order valence-electron chi connectivity index (χ3n) is 2.80. The summed E-state index contributed by atoms with van der Waals surface area (Å²) < 4.78 is 0. The molecule has 0 spiro atoms. The van der Waals surface area contributed by atoms with E-state index in [1.54, 1.807) is 30.3 Å². The predicted molar refractivity (Wildman–Crippen MR) is 82.7 cm³/mol. The highest BCUT2D eigenvalue weighted by Crippen LogP contribution is 2.19. The molecule has 0 fully saturated rings. The van der Waals surface area contributed by atoms with Crippen LogP contribution in [0.15, 0.2) is 30.3 Å². The third-order valence-corrected chi connectivity index (χ3v) is 3.79. The highest BCUT2D eigenvalue weighted by molar-refractivity contribution is 8.14. The highest BCUT2D eigenvalue weighted by Gasteiger charge is 2.27. The van der Waals surface area contributed by atoms with E-state index in [0.717, 1.165) is 11.8 Å². The molecular formula is C15H17NO5S. The molecule has 0 bridgehead atoms. The maximum Gasteiger partial charge on any atom is 0.325 e. The molecule has 6 nitrogen and oxygen atoms in total. The molecule has 0 saturated carbocycles. The maximum absolute atomic E-state index is 12.1. The fourth-order valence-corrected chi connectivity index (χ4v) is 2.48. The van der Waals surface area contributed by atoms with E-state index in [2.05, 4.69) is 5.32 Å². The van der Waals surface area contributed by atoms with Crippen LogP contribution in [0.2, 0.25) is 0 Å². The first-order valence-electron chi connectivity index (χ1n) is 6.60. The van der Waals surface area contributed by atoms with Crippen molar-refractivity contribution in [3.8, 4) is 0 Å². The normalized spacial score (nSPS) is 13.0. The zero-order chi connectivity index (χ0) is 16.7. The van der Waals surface area contributed by atoms with Crippen LogP contribution in [0.5, 0.6) is 0 Å². The van der Waals surface area contributed by atoms with E-state index in [9.17, 15) is 19.2 Å². The first-order valence-corrected chi connectivity index (χ1v) is 7.48. The number of carboxylic acids is 1. The lowest BCUT2D eigenvalue weighted by atomic mass is 10.1. The van der Waals surface area contributed by atoms with Gasteiger partial charge in [-0.2, -0.15) is 0 Å². The van der Waals surface area contributed by atoms with Crippen molar-refractivity contribution in [2.75, 3.05) is 0 Å². The van der Waals surface area contributed by atoms with E-state index < -0.39 is 23.2 Å². The summed E-state index contributed by atoms with van der Waals surface area (Å²) in [5.41, 5.74) is 0.440. The van der Waals surface area contributed by atoms with Crippen LogP contribution in [0, 0.1) is 0 Å². The van der Waals surface area contributed by atoms with Crippen molar-refractivity contribution in [2.45, 2.75) is 31.6 Å². The standard InChI is InChI=1S/C15H17NO5S/c1-9(15(20)21)16-14(19)13(22-10(2)17)8-12(18)11-6-4-3-5-7-11/h3-7,9,13H,8H2,1-2H3,(H,16,19)(H,20,21)/t9-,13?/m0/s1. The molecule has 1 aromatic rings. The average Bonchev–Trinajstić information content (AvgIpc) is 2.46. The molecule has 0 saturated heterocycles. The Balaban J connectivity index is 2.80. The number of Topliss-reactive ketones (excluding diaryl/α,β-unsaturated/α-hetero) is 1. The summed E-state index contributed by atoms with van der Waals surface area (Å²) in [6, 6.07) is 7.32. The number of carboxylic acid groups (broad SMARTS) is 1. The van der Waals surface area contributed by atoms with Crippen molar-refractivity contribution >= 4 is 34.5 Å². The van der Waals surface area contributed by atoms with Crippen LogP contribution in [-0.4, -0.2) is 39.2 Å². The van der Waals surface area contributed by atoms with Crippen LogP contribution in [0.25, 0.3) is 0 Å². The Labute approximate surface area is 132 Å². The molecule has 0 heterocycles. The van der Waals surface area contributed by atoms with E-state index in [4.69, 9.17) is 5.11 Å². The van der Waals surface area contributed by atoms with E-state index in [1.165, 1.54) is 13.8 Å². The fourth-order valence-electron chi connectivity index (χ4n) is 1.67. The number of ketones is 1. The Morgan fingerprint density at radius 3 is 2.27 bits per heavy atom. The summed E-state index contributed by atoms with van der Waals surface area (Å²) in [5.74, 6) is -2.11. The first-order chi connectivity index (χ1) is 10.3. The minimum atomic E-state index is -1.19. The van der Waals surface area contributed by atoms with Gasteiger partial charge in [-0.3, -0.25) is 19.2 Å². The molecule has 0 radical (unpaired) electrons. The van der Waals surface area contributed by atoms with Crippen molar-refractivity contribution in [1.82, 2.24) is 5.32 Å². The van der Waals surface area contributed by atoms with Crippen molar-refractivity contribution in [3.05, 3.63) is 35.9 Å². The molecule has 2 N–H and O–H groups in total. The molecule has 0 aromatic heterocycles. The smallest absolute Gasteiger partial charge is 0.325 e. The number of thioether (sulfide) groups is 1. The van der Waals surface area contributed by atoms with Gasteiger partial charge >= 0.3 is 5.97 Å². The van der Waals surface area contributed by atoms with E-state index in [0.29, 0.717) is 5.56 Å². The van der Waals surface area contributed by atoms with Crippen molar-refractivity contribution in [3.63, 3.8) is 0 Å². The molecule has 2 atom stereocenters. The lowest BCUT2D eigenvalue weighted by molar-refractivity contribution is -0.141. The van der Waals surface area contributed by atoms with Gasteiger partial charge in [0.1, 0.15) is 6.04 Å². The van der Waals surface area contributed by atoms with E-state index in [1.807, 2.05) is 0 Å². The maximum atomic E-state index is 12.1. The second-order valence-electron chi connectivity index (χ2n) is 4.66. The molecule has 0 aliphatic rings. The summed E-state index contributed by atoms with van der Waals surface area (Å²) in [4.78, 5) is 46.2. The van der Waals surface area contributed by atoms with Crippen LogP contribution in [-0.2, 0) is 14.4 Å². The summed E-state index contributed by atoms with van der Waals surface area (Å²) in [5, 5.41) is 9.81. The molecule has 1 amide bonds. The van der Waals surface area contributed by atoms with Crippen LogP contribution in [0.4, 0.5) is 0 Å². The predicted octanol–water partition coefficient (Wildman–Crippen LogP) is 1.50. The number of hydrogen-bond acceptors (Lipinski definition) is 5. The number of hydrogen-bond donors (Lipinski definition) is 2. The largest absolute Gasteiger partial charge is 0.480 e. The first kappa shape index (κ1) is 17.9. The van der Waals surface area contributed by atoms with Gasteiger partial charge < -0.3 is 10.4 Å². The minimum Gasteiger partial charge on any atom is -0.480 e. The number of carbonyl (C=O) groups is 4. The summed E-state index contributed by atoms with van der Waals surface area (Å²) in [6.45, 7) is 2.60. The topological polar surface area (TPSA) is 101 Å². The van der Waals surface area contributed by atoms with Crippen molar-refractivity contribution in [2.24, 2.45) is 0 Å². The number of carbonyl (C=O) groups excluding carboxylic acids is 3. The zero-order valence-corrected chi connectivity index (χ0v) is 13.1. The van der Waals surface area contributed by atoms with Crippen LogP contribution < -0.4 is 5.32 Å². The van der Waals surface area contributed by atoms with Crippen molar-refractivity contribution in [1.29, 1.82) is 0 Å². The lowest BCUT2D eigenvalue weighted by Gasteiger charge is -2.16.